The van der Waals surface area contributed by atoms with Gasteiger partial charge in [-0.1, -0.05) is 36.7 Å². The fraction of sp³-hybridized carbons (Fsp3) is 0.571. The van der Waals surface area contributed by atoms with Crippen LogP contribution in [0.15, 0.2) is 24.3 Å². The van der Waals surface area contributed by atoms with Gasteiger partial charge in [0.15, 0.2) is 0 Å². The van der Waals surface area contributed by atoms with E-state index in [1.807, 2.05) is 18.2 Å². The van der Waals surface area contributed by atoms with Gasteiger partial charge in [-0.05, 0) is 38.9 Å². The highest BCUT2D eigenvalue weighted by molar-refractivity contribution is 6.31. The summed E-state index contributed by atoms with van der Waals surface area (Å²) in [6, 6.07) is 8.26. The Balaban J connectivity index is 2.97. The monoisotopic (exact) mass is 254 g/mol. The fourth-order valence-corrected chi connectivity index (χ4v) is 2.32. The van der Waals surface area contributed by atoms with E-state index in [2.05, 4.69) is 38.8 Å². The van der Waals surface area contributed by atoms with Gasteiger partial charge in [0.2, 0.25) is 0 Å². The predicted molar refractivity (Wildman–Crippen MR) is 75.4 cm³/mol. The van der Waals surface area contributed by atoms with Gasteiger partial charge in [0.1, 0.15) is 0 Å². The van der Waals surface area contributed by atoms with Gasteiger partial charge in [-0.15, -0.1) is 0 Å². The standard InChI is InChI=1S/C14H23ClN2/c1-5-14(3,10-16)17(4)11(2)12-8-6-7-9-13(12)15/h6-9,11H,5,10,16H2,1-4H3. The molecule has 2 unspecified atom stereocenters. The Morgan fingerprint density at radius 3 is 2.47 bits per heavy atom. The molecule has 2 atom stereocenters. The molecule has 0 heterocycles. The van der Waals surface area contributed by atoms with Crippen LogP contribution in [0.1, 0.15) is 38.8 Å². The second-order valence-corrected chi connectivity index (χ2v) is 5.27. The van der Waals surface area contributed by atoms with Crippen LogP contribution in [0.3, 0.4) is 0 Å². The van der Waals surface area contributed by atoms with Gasteiger partial charge in [0.05, 0.1) is 0 Å². The Bertz CT molecular complexity index is 361. The van der Waals surface area contributed by atoms with Gasteiger partial charge >= 0.3 is 0 Å². The molecule has 0 fully saturated rings. The van der Waals surface area contributed by atoms with Gasteiger partial charge in [-0.3, -0.25) is 4.90 Å². The van der Waals surface area contributed by atoms with Crippen molar-refractivity contribution in [1.82, 2.24) is 4.90 Å². The quantitative estimate of drug-likeness (QED) is 0.872. The van der Waals surface area contributed by atoms with Crippen molar-refractivity contribution in [2.75, 3.05) is 13.6 Å². The van der Waals surface area contributed by atoms with E-state index in [4.69, 9.17) is 17.3 Å². The van der Waals surface area contributed by atoms with Crippen LogP contribution in [0, 0.1) is 0 Å². The van der Waals surface area contributed by atoms with E-state index in [9.17, 15) is 0 Å². The second kappa shape index (κ2) is 5.85. The molecule has 3 heteroatoms. The summed E-state index contributed by atoms with van der Waals surface area (Å²) >= 11 is 6.24. The van der Waals surface area contributed by atoms with Gasteiger partial charge in [0.25, 0.3) is 0 Å². The lowest BCUT2D eigenvalue weighted by Crippen LogP contribution is -2.50. The summed E-state index contributed by atoms with van der Waals surface area (Å²) < 4.78 is 0. The van der Waals surface area contributed by atoms with Crippen LogP contribution in [0.5, 0.6) is 0 Å². The number of hydrogen-bond donors (Lipinski definition) is 1. The molecule has 0 aliphatic heterocycles. The highest BCUT2D eigenvalue weighted by Crippen LogP contribution is 2.31. The predicted octanol–water partition coefficient (Wildman–Crippen LogP) is 3.46. The molecule has 0 saturated heterocycles. The molecule has 96 valence electrons. The summed E-state index contributed by atoms with van der Waals surface area (Å²) in [6.07, 6.45) is 1.02. The first kappa shape index (κ1) is 14.5. The van der Waals surface area contributed by atoms with Gasteiger partial charge < -0.3 is 5.73 Å². The van der Waals surface area contributed by atoms with Crippen LogP contribution >= 0.6 is 11.6 Å². The third kappa shape index (κ3) is 3.01. The summed E-state index contributed by atoms with van der Waals surface area (Å²) in [4.78, 5) is 2.31. The van der Waals surface area contributed by atoms with Crippen LogP contribution in [0.4, 0.5) is 0 Å². The first-order valence-corrected chi connectivity index (χ1v) is 6.51. The summed E-state index contributed by atoms with van der Waals surface area (Å²) in [5, 5.41) is 0.822. The van der Waals surface area contributed by atoms with Crippen LogP contribution in [-0.2, 0) is 0 Å². The lowest BCUT2D eigenvalue weighted by molar-refractivity contribution is 0.0964. The molecule has 0 aliphatic rings. The van der Waals surface area contributed by atoms with Crippen molar-refractivity contribution in [3.63, 3.8) is 0 Å². The maximum Gasteiger partial charge on any atom is 0.0453 e. The Morgan fingerprint density at radius 2 is 2.00 bits per heavy atom. The number of hydrogen-bond acceptors (Lipinski definition) is 2. The van der Waals surface area contributed by atoms with Crippen molar-refractivity contribution >= 4 is 11.6 Å². The van der Waals surface area contributed by atoms with Crippen molar-refractivity contribution in [1.29, 1.82) is 0 Å². The van der Waals surface area contributed by atoms with Crippen LogP contribution in [0.25, 0.3) is 0 Å². The summed E-state index contributed by atoms with van der Waals surface area (Å²) in [5.41, 5.74) is 7.07. The Labute approximate surface area is 110 Å². The zero-order valence-corrected chi connectivity index (χ0v) is 12.0. The van der Waals surface area contributed by atoms with Crippen molar-refractivity contribution in [2.45, 2.75) is 38.8 Å². The van der Waals surface area contributed by atoms with Gasteiger partial charge in [0, 0.05) is 23.1 Å². The smallest absolute Gasteiger partial charge is 0.0453 e. The molecular formula is C14H23ClN2. The van der Waals surface area contributed by atoms with E-state index < -0.39 is 0 Å². The van der Waals surface area contributed by atoms with E-state index >= 15 is 0 Å². The maximum atomic E-state index is 6.24. The van der Waals surface area contributed by atoms with E-state index in [1.165, 1.54) is 0 Å². The fourth-order valence-electron chi connectivity index (χ4n) is 2.03. The lowest BCUT2D eigenvalue weighted by Gasteiger charge is -2.41. The molecule has 17 heavy (non-hydrogen) atoms. The van der Waals surface area contributed by atoms with Crippen molar-refractivity contribution < 1.29 is 0 Å². The Hall–Kier alpha value is -0.570. The SMILES string of the molecule is CCC(C)(CN)N(C)C(C)c1ccccc1Cl. The molecule has 0 spiro atoms. The third-order valence-electron chi connectivity index (χ3n) is 3.99. The molecule has 0 saturated carbocycles. The number of likely N-dealkylation sites (N-methyl/N-ethyl adjacent to an activating group) is 1. The van der Waals surface area contributed by atoms with Gasteiger partial charge in [-0.2, -0.15) is 0 Å². The molecule has 0 aromatic heterocycles. The second-order valence-electron chi connectivity index (χ2n) is 4.86. The molecule has 0 amide bonds. The summed E-state index contributed by atoms with van der Waals surface area (Å²) in [6.45, 7) is 7.18. The molecule has 2 nitrogen and oxygen atoms in total. The van der Waals surface area contributed by atoms with E-state index in [1.54, 1.807) is 0 Å². The zero-order chi connectivity index (χ0) is 13.1. The minimum absolute atomic E-state index is 0.0125. The summed E-state index contributed by atoms with van der Waals surface area (Å²) in [5.74, 6) is 0. The van der Waals surface area contributed by atoms with E-state index in [0.29, 0.717) is 6.54 Å². The highest BCUT2D eigenvalue weighted by Gasteiger charge is 2.30. The number of nitrogens with zero attached hydrogens (tertiary/aromatic N) is 1. The largest absolute Gasteiger partial charge is 0.329 e. The third-order valence-corrected chi connectivity index (χ3v) is 4.33. The first-order valence-electron chi connectivity index (χ1n) is 6.13. The Kier molecular flexibility index (Phi) is 4.99. The van der Waals surface area contributed by atoms with Crippen molar-refractivity contribution in [3.8, 4) is 0 Å². The van der Waals surface area contributed by atoms with Crippen molar-refractivity contribution in [3.05, 3.63) is 34.9 Å². The van der Waals surface area contributed by atoms with Gasteiger partial charge in [-0.25, -0.2) is 0 Å². The molecule has 2 N–H and O–H groups in total. The maximum absolute atomic E-state index is 6.24. The van der Waals surface area contributed by atoms with Crippen LogP contribution in [0.2, 0.25) is 5.02 Å². The molecule has 0 bridgehead atoms. The van der Waals surface area contributed by atoms with Crippen molar-refractivity contribution in [2.24, 2.45) is 5.73 Å². The van der Waals surface area contributed by atoms with Crippen LogP contribution in [-0.4, -0.2) is 24.0 Å². The number of benzene rings is 1. The molecule has 1 aromatic rings. The topological polar surface area (TPSA) is 29.3 Å². The van der Waals surface area contributed by atoms with E-state index in [-0.39, 0.29) is 11.6 Å². The normalized spacial score (nSPS) is 16.9. The highest BCUT2D eigenvalue weighted by atomic mass is 35.5. The first-order chi connectivity index (χ1) is 7.96. The number of halogens is 1. The number of nitrogens with two attached hydrogens (primary N) is 1. The van der Waals surface area contributed by atoms with Crippen LogP contribution < -0.4 is 5.73 Å². The average Bonchev–Trinajstić information content (AvgIpc) is 2.36. The Morgan fingerprint density at radius 1 is 1.41 bits per heavy atom. The van der Waals surface area contributed by atoms with E-state index in [0.717, 1.165) is 17.0 Å². The summed E-state index contributed by atoms with van der Waals surface area (Å²) in [7, 11) is 2.12. The molecule has 0 radical (unpaired) electrons. The molecule has 1 aromatic carbocycles. The molecule has 0 aliphatic carbocycles. The lowest BCUT2D eigenvalue weighted by atomic mass is 9.93. The molecular weight excluding hydrogens is 232 g/mol. The minimum Gasteiger partial charge on any atom is -0.329 e. The molecule has 1 rings (SSSR count). The zero-order valence-electron chi connectivity index (χ0n) is 11.2. The average molecular weight is 255 g/mol. The number of rotatable bonds is 5. The minimum atomic E-state index is 0.0125.